The van der Waals surface area contributed by atoms with Crippen molar-refractivity contribution in [1.82, 2.24) is 10.2 Å². The first-order valence-corrected chi connectivity index (χ1v) is 7.25. The Morgan fingerprint density at radius 2 is 2.05 bits per heavy atom. The monoisotopic (exact) mass is 291 g/mol. The Morgan fingerprint density at radius 1 is 1.33 bits per heavy atom. The number of fused-ring (bicyclic) bond motifs is 1. The molecule has 2 rings (SSSR count). The fourth-order valence-electron chi connectivity index (χ4n) is 2.22. The van der Waals surface area contributed by atoms with Gasteiger partial charge in [0, 0.05) is 26.1 Å². The number of hydrogen-bond donors (Lipinski definition) is 2. The van der Waals surface area contributed by atoms with Crippen LogP contribution in [0.3, 0.4) is 0 Å². The lowest BCUT2D eigenvalue weighted by molar-refractivity contribution is -0.123. The Morgan fingerprint density at radius 3 is 2.76 bits per heavy atom. The molecule has 1 atom stereocenters. The number of ether oxygens (including phenoxy) is 1. The molecule has 6 nitrogen and oxygen atoms in total. The first kappa shape index (κ1) is 15.2. The molecular weight excluding hydrogens is 270 g/mol. The van der Waals surface area contributed by atoms with Gasteiger partial charge in [-0.1, -0.05) is 12.1 Å². The Labute approximate surface area is 124 Å². The highest BCUT2D eigenvalue weighted by Crippen LogP contribution is 2.29. The average molecular weight is 291 g/mol. The van der Waals surface area contributed by atoms with Crippen molar-refractivity contribution in [2.24, 2.45) is 0 Å². The minimum absolute atomic E-state index is 0.114. The van der Waals surface area contributed by atoms with Crippen LogP contribution in [0.1, 0.15) is 20.3 Å². The number of anilines is 1. The van der Waals surface area contributed by atoms with Crippen LogP contribution in [-0.2, 0) is 4.79 Å². The topological polar surface area (TPSA) is 70.7 Å². The third kappa shape index (κ3) is 3.65. The molecule has 1 aromatic carbocycles. The van der Waals surface area contributed by atoms with E-state index in [-0.39, 0.29) is 11.9 Å². The summed E-state index contributed by atoms with van der Waals surface area (Å²) >= 11 is 0. The SMILES string of the molecule is CCN(CC)C(=O)NCCC1Oc2ccccc2NC1=O. The van der Waals surface area contributed by atoms with Crippen LogP contribution in [0.4, 0.5) is 10.5 Å². The van der Waals surface area contributed by atoms with Crippen LogP contribution in [0, 0.1) is 0 Å². The number of urea groups is 1. The van der Waals surface area contributed by atoms with Crippen molar-refractivity contribution >= 4 is 17.6 Å². The van der Waals surface area contributed by atoms with Crippen molar-refractivity contribution in [3.05, 3.63) is 24.3 Å². The number of para-hydroxylation sites is 2. The molecular formula is C15H21N3O3. The summed E-state index contributed by atoms with van der Waals surface area (Å²) in [4.78, 5) is 25.4. The summed E-state index contributed by atoms with van der Waals surface area (Å²) in [7, 11) is 0. The lowest BCUT2D eigenvalue weighted by Gasteiger charge is -2.26. The van der Waals surface area contributed by atoms with Gasteiger partial charge < -0.3 is 20.3 Å². The first-order chi connectivity index (χ1) is 10.2. The van der Waals surface area contributed by atoms with E-state index in [2.05, 4.69) is 10.6 Å². The van der Waals surface area contributed by atoms with Crippen molar-refractivity contribution in [2.45, 2.75) is 26.4 Å². The highest BCUT2D eigenvalue weighted by molar-refractivity contribution is 5.97. The van der Waals surface area contributed by atoms with E-state index in [1.807, 2.05) is 32.0 Å². The van der Waals surface area contributed by atoms with Crippen molar-refractivity contribution in [3.63, 3.8) is 0 Å². The second-order valence-electron chi connectivity index (χ2n) is 4.78. The number of nitrogens with one attached hydrogen (secondary N) is 2. The number of carbonyl (C=O) groups is 2. The smallest absolute Gasteiger partial charge is 0.317 e. The van der Waals surface area contributed by atoms with Gasteiger partial charge >= 0.3 is 6.03 Å². The summed E-state index contributed by atoms with van der Waals surface area (Å²) in [6.07, 6.45) is -0.135. The van der Waals surface area contributed by atoms with Gasteiger partial charge in [0.2, 0.25) is 0 Å². The summed E-state index contributed by atoms with van der Waals surface area (Å²) < 4.78 is 5.66. The van der Waals surface area contributed by atoms with Gasteiger partial charge in [0.1, 0.15) is 5.75 Å². The molecule has 0 saturated carbocycles. The second kappa shape index (κ2) is 6.97. The number of hydrogen-bond acceptors (Lipinski definition) is 3. The predicted molar refractivity (Wildman–Crippen MR) is 80.4 cm³/mol. The summed E-state index contributed by atoms with van der Waals surface area (Å²) in [6, 6.07) is 7.20. The zero-order chi connectivity index (χ0) is 15.2. The van der Waals surface area contributed by atoms with Crippen LogP contribution in [0.15, 0.2) is 24.3 Å². The molecule has 0 fully saturated rings. The Bertz CT molecular complexity index is 515. The summed E-state index contributed by atoms with van der Waals surface area (Å²) in [5.41, 5.74) is 0.686. The van der Waals surface area contributed by atoms with Crippen molar-refractivity contribution < 1.29 is 14.3 Å². The molecule has 0 bridgehead atoms. The van der Waals surface area contributed by atoms with E-state index in [0.29, 0.717) is 37.5 Å². The zero-order valence-corrected chi connectivity index (χ0v) is 12.4. The van der Waals surface area contributed by atoms with E-state index in [1.54, 1.807) is 11.0 Å². The Kier molecular flexibility index (Phi) is 5.03. The molecule has 0 spiro atoms. The van der Waals surface area contributed by atoms with Gasteiger partial charge in [-0.15, -0.1) is 0 Å². The molecule has 21 heavy (non-hydrogen) atoms. The van der Waals surface area contributed by atoms with E-state index >= 15 is 0 Å². The minimum Gasteiger partial charge on any atom is -0.478 e. The molecule has 0 saturated heterocycles. The minimum atomic E-state index is -0.572. The van der Waals surface area contributed by atoms with E-state index in [1.165, 1.54) is 0 Å². The average Bonchev–Trinajstić information content (AvgIpc) is 2.49. The lowest BCUT2D eigenvalue weighted by Crippen LogP contribution is -2.43. The molecule has 2 N–H and O–H groups in total. The molecule has 6 heteroatoms. The fourth-order valence-corrected chi connectivity index (χ4v) is 2.22. The Balaban J connectivity index is 1.84. The van der Waals surface area contributed by atoms with Gasteiger partial charge in [-0.2, -0.15) is 0 Å². The van der Waals surface area contributed by atoms with Gasteiger partial charge in [0.05, 0.1) is 5.69 Å². The quantitative estimate of drug-likeness (QED) is 0.869. The van der Waals surface area contributed by atoms with Gasteiger partial charge in [0.15, 0.2) is 6.10 Å². The zero-order valence-electron chi connectivity index (χ0n) is 12.4. The standard InChI is InChI=1S/C15H21N3O3/c1-3-18(4-2)15(20)16-10-9-13-14(19)17-11-7-5-6-8-12(11)21-13/h5-8,13H,3-4,9-10H2,1-2H3,(H,16,20)(H,17,19). The van der Waals surface area contributed by atoms with Crippen molar-refractivity contribution in [2.75, 3.05) is 25.0 Å². The van der Waals surface area contributed by atoms with Crippen LogP contribution in [0.5, 0.6) is 5.75 Å². The maximum atomic E-state index is 11.9. The van der Waals surface area contributed by atoms with Crippen LogP contribution in [-0.4, -0.2) is 42.6 Å². The molecule has 1 aliphatic heterocycles. The number of benzene rings is 1. The molecule has 1 heterocycles. The molecule has 1 aromatic rings. The van der Waals surface area contributed by atoms with Crippen LogP contribution < -0.4 is 15.4 Å². The van der Waals surface area contributed by atoms with Crippen LogP contribution >= 0.6 is 0 Å². The number of carbonyl (C=O) groups excluding carboxylic acids is 2. The van der Waals surface area contributed by atoms with Crippen LogP contribution in [0.2, 0.25) is 0 Å². The van der Waals surface area contributed by atoms with Gasteiger partial charge in [0.25, 0.3) is 5.91 Å². The predicted octanol–water partition coefficient (Wildman–Crippen LogP) is 1.83. The number of amides is 3. The van der Waals surface area contributed by atoms with E-state index < -0.39 is 6.10 Å². The van der Waals surface area contributed by atoms with E-state index in [0.717, 1.165) is 0 Å². The Hall–Kier alpha value is -2.24. The molecule has 114 valence electrons. The molecule has 1 aliphatic rings. The third-order valence-electron chi connectivity index (χ3n) is 3.44. The fraction of sp³-hybridized carbons (Fsp3) is 0.467. The lowest BCUT2D eigenvalue weighted by atomic mass is 10.1. The first-order valence-electron chi connectivity index (χ1n) is 7.25. The maximum Gasteiger partial charge on any atom is 0.317 e. The van der Waals surface area contributed by atoms with Gasteiger partial charge in [-0.25, -0.2) is 4.79 Å². The molecule has 0 radical (unpaired) electrons. The molecule has 3 amide bonds. The van der Waals surface area contributed by atoms with Crippen molar-refractivity contribution in [1.29, 1.82) is 0 Å². The van der Waals surface area contributed by atoms with E-state index in [4.69, 9.17) is 4.74 Å². The summed E-state index contributed by atoms with van der Waals surface area (Å²) in [5, 5.41) is 5.61. The van der Waals surface area contributed by atoms with Gasteiger partial charge in [-0.3, -0.25) is 4.79 Å². The van der Waals surface area contributed by atoms with E-state index in [9.17, 15) is 9.59 Å². The molecule has 0 aliphatic carbocycles. The highest BCUT2D eigenvalue weighted by Gasteiger charge is 2.27. The third-order valence-corrected chi connectivity index (χ3v) is 3.44. The highest BCUT2D eigenvalue weighted by atomic mass is 16.5. The van der Waals surface area contributed by atoms with Gasteiger partial charge in [-0.05, 0) is 26.0 Å². The van der Waals surface area contributed by atoms with Crippen molar-refractivity contribution in [3.8, 4) is 5.75 Å². The largest absolute Gasteiger partial charge is 0.478 e. The second-order valence-corrected chi connectivity index (χ2v) is 4.78. The number of rotatable bonds is 5. The normalized spacial score (nSPS) is 16.5. The summed E-state index contributed by atoms with van der Waals surface area (Å²) in [5.74, 6) is 0.489. The molecule has 1 unspecified atom stereocenters. The van der Waals surface area contributed by atoms with Crippen LogP contribution in [0.25, 0.3) is 0 Å². The molecule has 0 aromatic heterocycles. The number of nitrogens with zero attached hydrogens (tertiary/aromatic N) is 1. The summed E-state index contributed by atoms with van der Waals surface area (Å²) in [6.45, 7) is 5.58. The maximum absolute atomic E-state index is 11.9.